The van der Waals surface area contributed by atoms with Crippen LogP contribution in [-0.4, -0.2) is 12.5 Å². The largest absolute Gasteiger partial charge is 0.469 e. The molecule has 3 nitrogen and oxygen atoms in total. The van der Waals surface area contributed by atoms with Gasteiger partial charge in [0.2, 0.25) is 0 Å². The van der Waals surface area contributed by atoms with Gasteiger partial charge in [-0.3, -0.25) is 4.79 Å². The van der Waals surface area contributed by atoms with Crippen molar-refractivity contribution in [3.63, 3.8) is 0 Å². The lowest BCUT2D eigenvalue weighted by Crippen LogP contribution is -2.25. The van der Waals surface area contributed by atoms with Crippen molar-refractivity contribution in [2.75, 3.05) is 6.54 Å². The Bertz CT molecular complexity index is 535. The Kier molecular flexibility index (Phi) is 4.20. The second-order valence-corrected chi connectivity index (χ2v) is 4.90. The number of aryl methyl sites for hydroxylation is 1. The van der Waals surface area contributed by atoms with Crippen LogP contribution >= 0.6 is 15.9 Å². The van der Waals surface area contributed by atoms with Gasteiger partial charge >= 0.3 is 0 Å². The van der Waals surface area contributed by atoms with E-state index < -0.39 is 0 Å². The highest BCUT2D eigenvalue weighted by Gasteiger charge is 2.06. The molecule has 2 aromatic rings. The second kappa shape index (κ2) is 5.87. The molecule has 0 spiro atoms. The van der Waals surface area contributed by atoms with Gasteiger partial charge in [-0.1, -0.05) is 15.9 Å². The highest BCUT2D eigenvalue weighted by atomic mass is 79.9. The number of carbonyl (C=O) groups is 1. The fourth-order valence-electron chi connectivity index (χ4n) is 1.64. The first-order valence-electron chi connectivity index (χ1n) is 5.73. The van der Waals surface area contributed by atoms with E-state index in [2.05, 4.69) is 21.2 Å². The zero-order valence-corrected chi connectivity index (χ0v) is 11.7. The lowest BCUT2D eigenvalue weighted by Gasteiger charge is -2.05. The Balaban J connectivity index is 1.89. The maximum absolute atomic E-state index is 11.9. The third-order valence-electron chi connectivity index (χ3n) is 2.66. The molecule has 0 aliphatic carbocycles. The number of rotatable bonds is 4. The summed E-state index contributed by atoms with van der Waals surface area (Å²) < 4.78 is 6.21. The van der Waals surface area contributed by atoms with Crippen LogP contribution in [0.5, 0.6) is 0 Å². The summed E-state index contributed by atoms with van der Waals surface area (Å²) in [4.78, 5) is 11.9. The molecule has 1 N–H and O–H groups in total. The summed E-state index contributed by atoms with van der Waals surface area (Å²) in [5.41, 5.74) is 1.73. The highest BCUT2D eigenvalue weighted by molar-refractivity contribution is 9.10. The molecule has 0 unspecified atom stereocenters. The molecule has 0 aliphatic heterocycles. The van der Waals surface area contributed by atoms with Crippen LogP contribution in [0.25, 0.3) is 0 Å². The Morgan fingerprint density at radius 2 is 2.22 bits per heavy atom. The predicted molar refractivity (Wildman–Crippen MR) is 73.6 cm³/mol. The SMILES string of the molecule is Cc1cc(C(=O)NCCc2ccco2)ccc1Br. The van der Waals surface area contributed by atoms with Crippen molar-refractivity contribution in [1.29, 1.82) is 0 Å². The smallest absolute Gasteiger partial charge is 0.251 e. The van der Waals surface area contributed by atoms with E-state index in [0.717, 1.165) is 15.8 Å². The second-order valence-electron chi connectivity index (χ2n) is 4.05. The average Bonchev–Trinajstić information content (AvgIpc) is 2.85. The van der Waals surface area contributed by atoms with Crippen LogP contribution in [0.3, 0.4) is 0 Å². The Morgan fingerprint density at radius 1 is 1.39 bits per heavy atom. The summed E-state index contributed by atoms with van der Waals surface area (Å²) >= 11 is 3.41. The molecule has 0 saturated carbocycles. The van der Waals surface area contributed by atoms with E-state index in [1.165, 1.54) is 0 Å². The molecule has 4 heteroatoms. The number of hydrogen-bond donors (Lipinski definition) is 1. The lowest BCUT2D eigenvalue weighted by molar-refractivity contribution is 0.0953. The minimum atomic E-state index is -0.0582. The number of benzene rings is 1. The number of furan rings is 1. The van der Waals surface area contributed by atoms with E-state index in [1.807, 2.05) is 31.2 Å². The zero-order valence-electron chi connectivity index (χ0n) is 10.1. The van der Waals surface area contributed by atoms with E-state index in [4.69, 9.17) is 4.42 Å². The molecule has 1 aromatic heterocycles. The van der Waals surface area contributed by atoms with Gasteiger partial charge in [0.05, 0.1) is 6.26 Å². The third-order valence-corrected chi connectivity index (χ3v) is 3.55. The highest BCUT2D eigenvalue weighted by Crippen LogP contribution is 2.16. The number of amides is 1. The monoisotopic (exact) mass is 307 g/mol. The summed E-state index contributed by atoms with van der Waals surface area (Å²) in [6.45, 7) is 2.53. The normalized spacial score (nSPS) is 10.3. The zero-order chi connectivity index (χ0) is 13.0. The molecule has 0 radical (unpaired) electrons. The summed E-state index contributed by atoms with van der Waals surface area (Å²) in [5, 5.41) is 2.87. The van der Waals surface area contributed by atoms with E-state index in [1.54, 1.807) is 12.3 Å². The van der Waals surface area contributed by atoms with Crippen molar-refractivity contribution in [3.05, 3.63) is 58.0 Å². The van der Waals surface area contributed by atoms with E-state index in [9.17, 15) is 4.79 Å². The lowest BCUT2D eigenvalue weighted by atomic mass is 10.1. The maximum Gasteiger partial charge on any atom is 0.251 e. The van der Waals surface area contributed by atoms with Gasteiger partial charge in [0.15, 0.2) is 0 Å². The van der Waals surface area contributed by atoms with Gasteiger partial charge in [-0.2, -0.15) is 0 Å². The van der Waals surface area contributed by atoms with E-state index >= 15 is 0 Å². The summed E-state index contributed by atoms with van der Waals surface area (Å²) in [7, 11) is 0. The average molecular weight is 308 g/mol. The van der Waals surface area contributed by atoms with Gasteiger partial charge in [-0.15, -0.1) is 0 Å². The van der Waals surface area contributed by atoms with Crippen molar-refractivity contribution in [2.45, 2.75) is 13.3 Å². The molecule has 1 heterocycles. The molecule has 1 amide bonds. The van der Waals surface area contributed by atoms with Crippen molar-refractivity contribution in [2.24, 2.45) is 0 Å². The number of halogens is 1. The topological polar surface area (TPSA) is 42.2 Å². The van der Waals surface area contributed by atoms with Gasteiger partial charge < -0.3 is 9.73 Å². The molecule has 0 atom stereocenters. The predicted octanol–water partition coefficient (Wildman–Crippen LogP) is 3.32. The molecule has 18 heavy (non-hydrogen) atoms. The molecule has 0 aliphatic rings. The standard InChI is InChI=1S/C14H14BrNO2/c1-10-9-11(4-5-13(10)15)14(17)16-7-6-12-3-2-8-18-12/h2-5,8-9H,6-7H2,1H3,(H,16,17). The van der Waals surface area contributed by atoms with Crippen molar-refractivity contribution >= 4 is 21.8 Å². The van der Waals surface area contributed by atoms with Crippen LogP contribution in [0, 0.1) is 6.92 Å². The van der Waals surface area contributed by atoms with Crippen molar-refractivity contribution in [1.82, 2.24) is 5.32 Å². The Hall–Kier alpha value is -1.55. The molecule has 1 aromatic carbocycles. The van der Waals surface area contributed by atoms with E-state index in [0.29, 0.717) is 18.5 Å². The minimum absolute atomic E-state index is 0.0582. The summed E-state index contributed by atoms with van der Waals surface area (Å²) in [6, 6.07) is 9.30. The molecular formula is C14H14BrNO2. The Morgan fingerprint density at radius 3 is 2.89 bits per heavy atom. The van der Waals surface area contributed by atoms with Crippen LogP contribution in [0.4, 0.5) is 0 Å². The molecule has 2 rings (SSSR count). The fourth-order valence-corrected chi connectivity index (χ4v) is 1.89. The van der Waals surface area contributed by atoms with Crippen LogP contribution in [0.15, 0.2) is 45.5 Å². The molecular weight excluding hydrogens is 294 g/mol. The van der Waals surface area contributed by atoms with Gasteiger partial charge in [0.1, 0.15) is 5.76 Å². The number of carbonyl (C=O) groups excluding carboxylic acids is 1. The molecule has 0 fully saturated rings. The van der Waals surface area contributed by atoms with Crippen LogP contribution < -0.4 is 5.32 Å². The quantitative estimate of drug-likeness (QED) is 0.941. The first-order chi connectivity index (χ1) is 8.66. The van der Waals surface area contributed by atoms with Crippen molar-refractivity contribution < 1.29 is 9.21 Å². The van der Waals surface area contributed by atoms with Crippen LogP contribution in [0.2, 0.25) is 0 Å². The molecule has 0 saturated heterocycles. The van der Waals surface area contributed by atoms with Gasteiger partial charge in [0, 0.05) is 23.0 Å². The third kappa shape index (κ3) is 3.23. The Labute approximate surface area is 114 Å². The molecule has 94 valence electrons. The van der Waals surface area contributed by atoms with Crippen LogP contribution in [0.1, 0.15) is 21.7 Å². The summed E-state index contributed by atoms with van der Waals surface area (Å²) in [5.74, 6) is 0.819. The first kappa shape index (κ1) is 12.9. The molecule has 0 bridgehead atoms. The fraction of sp³-hybridized carbons (Fsp3) is 0.214. The first-order valence-corrected chi connectivity index (χ1v) is 6.53. The van der Waals surface area contributed by atoms with Crippen LogP contribution in [-0.2, 0) is 6.42 Å². The summed E-state index contributed by atoms with van der Waals surface area (Å²) in [6.07, 6.45) is 2.34. The van der Waals surface area contributed by atoms with E-state index in [-0.39, 0.29) is 5.91 Å². The number of hydrogen-bond acceptors (Lipinski definition) is 2. The maximum atomic E-state index is 11.9. The van der Waals surface area contributed by atoms with Gasteiger partial charge in [0.25, 0.3) is 5.91 Å². The van der Waals surface area contributed by atoms with Gasteiger partial charge in [-0.05, 0) is 42.8 Å². The number of nitrogens with one attached hydrogen (secondary N) is 1. The minimum Gasteiger partial charge on any atom is -0.469 e. The van der Waals surface area contributed by atoms with Gasteiger partial charge in [-0.25, -0.2) is 0 Å². The van der Waals surface area contributed by atoms with Crippen molar-refractivity contribution in [3.8, 4) is 0 Å².